The molecule has 0 aliphatic carbocycles. The predicted molar refractivity (Wildman–Crippen MR) is 110 cm³/mol. The maximum absolute atomic E-state index is 11.6. The third kappa shape index (κ3) is 3.65. The molecule has 9 heteroatoms. The highest BCUT2D eigenvalue weighted by Crippen LogP contribution is 2.24. The molecule has 0 aliphatic rings. The van der Waals surface area contributed by atoms with Crippen molar-refractivity contribution in [2.45, 2.75) is 6.92 Å². The first-order valence-corrected chi connectivity index (χ1v) is 8.65. The molecular formula is C20H17N6O3. The van der Waals surface area contributed by atoms with Crippen molar-refractivity contribution in [1.29, 1.82) is 0 Å². The number of hydrogen-bond acceptors (Lipinski definition) is 7. The highest BCUT2D eigenvalue weighted by Gasteiger charge is 2.09. The van der Waals surface area contributed by atoms with Crippen molar-refractivity contribution in [3.05, 3.63) is 77.4 Å². The predicted octanol–water partition coefficient (Wildman–Crippen LogP) is 2.92. The third-order valence-electron chi connectivity index (χ3n) is 4.33. The van der Waals surface area contributed by atoms with Crippen molar-refractivity contribution < 1.29 is 9.21 Å². The molecule has 4 aromatic rings. The van der Waals surface area contributed by atoms with Crippen LogP contribution in [-0.2, 0) is 0 Å². The van der Waals surface area contributed by atoms with Gasteiger partial charge in [0.05, 0.1) is 5.52 Å². The maximum atomic E-state index is 11.6. The Kier molecular flexibility index (Phi) is 4.47. The Balaban J connectivity index is 1.59. The number of amides is 1. The van der Waals surface area contributed by atoms with Crippen molar-refractivity contribution in [2.24, 2.45) is 5.73 Å². The van der Waals surface area contributed by atoms with Gasteiger partial charge in [0.15, 0.2) is 5.58 Å². The zero-order chi connectivity index (χ0) is 20.5. The molecule has 1 amide bonds. The molecule has 0 atom stereocenters. The van der Waals surface area contributed by atoms with Gasteiger partial charge in [-0.05, 0) is 49.4 Å². The van der Waals surface area contributed by atoms with Crippen LogP contribution in [0.15, 0.2) is 57.9 Å². The molecule has 2 aromatic carbocycles. The molecule has 2 aromatic heterocycles. The quantitative estimate of drug-likeness (QED) is 0.479. The number of hydrogen-bond donors (Lipinski definition) is 3. The summed E-state index contributed by atoms with van der Waals surface area (Å²) < 4.78 is 6.28. The van der Waals surface area contributed by atoms with Crippen LogP contribution in [0, 0.1) is 14.0 Å². The fourth-order valence-electron chi connectivity index (χ4n) is 2.75. The smallest absolute Gasteiger partial charge is 0.408 e. The van der Waals surface area contributed by atoms with Gasteiger partial charge < -0.3 is 20.8 Å². The second-order valence-corrected chi connectivity index (χ2v) is 6.40. The van der Waals surface area contributed by atoms with Crippen LogP contribution in [0.1, 0.15) is 15.9 Å². The lowest BCUT2D eigenvalue weighted by Gasteiger charge is -2.11. The lowest BCUT2D eigenvalue weighted by Crippen LogP contribution is -2.10. The van der Waals surface area contributed by atoms with E-state index in [0.29, 0.717) is 39.8 Å². The Morgan fingerprint density at radius 2 is 1.86 bits per heavy atom. The van der Waals surface area contributed by atoms with E-state index < -0.39 is 11.7 Å². The molecular weight excluding hydrogens is 372 g/mol. The topological polar surface area (TPSA) is 128 Å². The number of nitrogens with zero attached hydrogens (tertiary/aromatic N) is 3. The highest BCUT2D eigenvalue weighted by molar-refractivity contribution is 5.93. The minimum absolute atomic E-state index is 0.378. The van der Waals surface area contributed by atoms with Gasteiger partial charge in [-0.1, -0.05) is 0 Å². The molecule has 0 unspecified atom stereocenters. The van der Waals surface area contributed by atoms with Crippen molar-refractivity contribution >= 4 is 40.1 Å². The summed E-state index contributed by atoms with van der Waals surface area (Å²) >= 11 is 0. The number of carbonyl (C=O) groups excluding carboxylic acids is 1. The minimum Gasteiger partial charge on any atom is -0.408 e. The minimum atomic E-state index is -0.524. The number of fused-ring (bicyclic) bond motifs is 1. The fourth-order valence-corrected chi connectivity index (χ4v) is 2.75. The first-order chi connectivity index (χ1) is 13.9. The van der Waals surface area contributed by atoms with Crippen molar-refractivity contribution in [1.82, 2.24) is 14.5 Å². The van der Waals surface area contributed by atoms with E-state index in [9.17, 15) is 9.59 Å². The Hall–Kier alpha value is -4.14. The average Bonchev–Trinajstić information content (AvgIpc) is 2.99. The molecule has 0 aliphatic heterocycles. The summed E-state index contributed by atoms with van der Waals surface area (Å²) in [5, 5.41) is 6.29. The fraction of sp³-hybridized carbons (Fsp3) is 0.0500. The van der Waals surface area contributed by atoms with Crippen LogP contribution in [0.3, 0.4) is 0 Å². The average molecular weight is 389 g/mol. The first kappa shape index (κ1) is 18.2. The van der Waals surface area contributed by atoms with Crippen molar-refractivity contribution in [3.8, 4) is 0 Å². The van der Waals surface area contributed by atoms with Gasteiger partial charge in [0.2, 0.25) is 11.9 Å². The number of oxazole rings is 1. The zero-order valence-corrected chi connectivity index (χ0v) is 15.5. The third-order valence-corrected chi connectivity index (χ3v) is 4.33. The van der Waals surface area contributed by atoms with E-state index in [0.717, 1.165) is 5.56 Å². The number of benzene rings is 2. The van der Waals surface area contributed by atoms with Crippen LogP contribution in [0.5, 0.6) is 0 Å². The Morgan fingerprint density at radius 3 is 2.59 bits per heavy atom. The van der Waals surface area contributed by atoms with E-state index in [-0.39, 0.29) is 0 Å². The molecule has 0 fully saturated rings. The standard InChI is InChI=1S/C20H17N6O3/c1-11-10-22-19(24-13-5-3-12(4-6-13)17(21)27)25-18(11)23-14-7-8-16-15(9-14)26(2)20(28)29-16/h3-10H,2H2,1H3,(H2,21,27)(H2,22,23,24,25). The Morgan fingerprint density at radius 1 is 1.14 bits per heavy atom. The SMILES string of the molecule is [CH2]n1c(=O)oc2ccc(Nc3nc(Nc4ccc(C(N)=O)cc4)ncc3C)cc21. The van der Waals surface area contributed by atoms with Gasteiger partial charge in [-0.3, -0.25) is 9.36 Å². The van der Waals surface area contributed by atoms with Gasteiger partial charge >= 0.3 is 5.76 Å². The molecule has 9 nitrogen and oxygen atoms in total. The van der Waals surface area contributed by atoms with Crippen molar-refractivity contribution in [2.75, 3.05) is 10.6 Å². The van der Waals surface area contributed by atoms with E-state index in [1.807, 2.05) is 6.92 Å². The Labute approximate surface area is 165 Å². The lowest BCUT2D eigenvalue weighted by atomic mass is 10.2. The zero-order valence-electron chi connectivity index (χ0n) is 15.5. The molecule has 0 spiro atoms. The molecule has 0 saturated carbocycles. The van der Waals surface area contributed by atoms with Gasteiger partial charge in [0.1, 0.15) is 5.82 Å². The molecule has 29 heavy (non-hydrogen) atoms. The van der Waals surface area contributed by atoms with Gasteiger partial charge in [0.25, 0.3) is 0 Å². The van der Waals surface area contributed by atoms with Gasteiger partial charge in [0, 0.05) is 35.7 Å². The van der Waals surface area contributed by atoms with Crippen LogP contribution in [-0.4, -0.2) is 20.4 Å². The summed E-state index contributed by atoms with van der Waals surface area (Å²) in [6.45, 7) is 1.88. The van der Waals surface area contributed by atoms with Crippen LogP contribution < -0.4 is 22.1 Å². The second kappa shape index (κ2) is 7.12. The van der Waals surface area contributed by atoms with Crippen LogP contribution >= 0.6 is 0 Å². The molecule has 4 rings (SSSR count). The first-order valence-electron chi connectivity index (χ1n) is 8.65. The number of nitrogens with two attached hydrogens (primary N) is 1. The molecule has 4 N–H and O–H groups in total. The number of nitrogens with one attached hydrogen (secondary N) is 2. The summed E-state index contributed by atoms with van der Waals surface area (Å²) in [7, 11) is 3.67. The van der Waals surface area contributed by atoms with Gasteiger partial charge in [-0.2, -0.15) is 4.98 Å². The van der Waals surface area contributed by atoms with E-state index in [2.05, 4.69) is 27.6 Å². The number of rotatable bonds is 5. The van der Waals surface area contributed by atoms with Crippen LogP contribution in [0.4, 0.5) is 23.1 Å². The highest BCUT2D eigenvalue weighted by atomic mass is 16.4. The summed E-state index contributed by atoms with van der Waals surface area (Å²) in [5.41, 5.74) is 8.96. The Bertz CT molecular complexity index is 1270. The number of aryl methyl sites for hydroxylation is 1. The van der Waals surface area contributed by atoms with Gasteiger partial charge in [-0.25, -0.2) is 9.78 Å². The van der Waals surface area contributed by atoms with E-state index in [1.54, 1.807) is 48.7 Å². The molecule has 1 radical (unpaired) electrons. The number of carbonyl (C=O) groups is 1. The molecule has 145 valence electrons. The van der Waals surface area contributed by atoms with Gasteiger partial charge in [-0.15, -0.1) is 0 Å². The number of primary amides is 1. The van der Waals surface area contributed by atoms with Crippen LogP contribution in [0.25, 0.3) is 11.1 Å². The van der Waals surface area contributed by atoms with E-state index >= 15 is 0 Å². The second-order valence-electron chi connectivity index (χ2n) is 6.40. The van der Waals surface area contributed by atoms with E-state index in [1.165, 1.54) is 4.57 Å². The largest absolute Gasteiger partial charge is 0.420 e. The molecule has 0 saturated heterocycles. The maximum Gasteiger partial charge on any atom is 0.420 e. The summed E-state index contributed by atoms with van der Waals surface area (Å²) in [6, 6.07) is 11.9. The normalized spacial score (nSPS) is 10.8. The van der Waals surface area contributed by atoms with Crippen LogP contribution in [0.2, 0.25) is 0 Å². The van der Waals surface area contributed by atoms with Crippen molar-refractivity contribution in [3.63, 3.8) is 0 Å². The summed E-state index contributed by atoms with van der Waals surface area (Å²) in [6.07, 6.45) is 1.68. The number of aromatic nitrogens is 3. The van der Waals surface area contributed by atoms with E-state index in [4.69, 9.17) is 10.2 Å². The molecule has 2 heterocycles. The molecule has 0 bridgehead atoms. The number of anilines is 4. The summed E-state index contributed by atoms with van der Waals surface area (Å²) in [4.78, 5) is 31.5. The summed E-state index contributed by atoms with van der Waals surface area (Å²) in [5.74, 6) is -0.0402. The monoisotopic (exact) mass is 389 g/mol. The lowest BCUT2D eigenvalue weighted by molar-refractivity contribution is 0.100.